The van der Waals surface area contributed by atoms with Crippen molar-refractivity contribution in [2.75, 3.05) is 5.75 Å². The normalized spacial score (nSPS) is 23.1. The highest BCUT2D eigenvalue weighted by Crippen LogP contribution is 2.41. The molecule has 0 bridgehead atoms. The van der Waals surface area contributed by atoms with Crippen LogP contribution in [0.2, 0.25) is 0 Å². The summed E-state index contributed by atoms with van der Waals surface area (Å²) >= 11 is 0. The summed E-state index contributed by atoms with van der Waals surface area (Å²) in [5, 5.41) is 9.90. The van der Waals surface area contributed by atoms with Crippen LogP contribution in [0, 0.1) is 5.82 Å². The quantitative estimate of drug-likeness (QED) is 0.761. The van der Waals surface area contributed by atoms with Gasteiger partial charge in [0.15, 0.2) is 9.84 Å². The van der Waals surface area contributed by atoms with Gasteiger partial charge in [0.05, 0.1) is 16.2 Å². The average Bonchev–Trinajstić information content (AvgIpc) is 2.37. The van der Waals surface area contributed by atoms with Crippen LogP contribution < -0.4 is 0 Å². The minimum atomic E-state index is -3.38. The first-order valence-corrected chi connectivity index (χ1v) is 6.61. The van der Waals surface area contributed by atoms with Gasteiger partial charge in [0.2, 0.25) is 0 Å². The van der Waals surface area contributed by atoms with E-state index in [4.69, 9.17) is 0 Å². The first-order chi connectivity index (χ1) is 7.22. The molecule has 1 aliphatic rings. The fraction of sp³-hybridized carbons (Fsp3) is 0.455. The molecule has 88 valence electrons. The van der Waals surface area contributed by atoms with Crippen molar-refractivity contribution in [3.63, 3.8) is 0 Å². The van der Waals surface area contributed by atoms with Crippen molar-refractivity contribution in [2.45, 2.75) is 30.3 Å². The lowest BCUT2D eigenvalue weighted by atomic mass is 9.86. The van der Waals surface area contributed by atoms with Gasteiger partial charge in [0.25, 0.3) is 0 Å². The van der Waals surface area contributed by atoms with Crippen molar-refractivity contribution in [1.82, 2.24) is 0 Å². The fourth-order valence-corrected chi connectivity index (χ4v) is 4.10. The summed E-state index contributed by atoms with van der Waals surface area (Å²) in [4.78, 5) is 0.140. The van der Waals surface area contributed by atoms with E-state index in [1.165, 1.54) is 26.0 Å². The Bertz CT molecular complexity index is 529. The zero-order valence-corrected chi connectivity index (χ0v) is 9.88. The van der Waals surface area contributed by atoms with Gasteiger partial charge < -0.3 is 5.11 Å². The number of hydrogen-bond acceptors (Lipinski definition) is 3. The number of rotatable bonds is 1. The third-order valence-electron chi connectivity index (χ3n) is 2.92. The number of fused-ring (bicyclic) bond motifs is 1. The Kier molecular flexibility index (Phi) is 2.36. The Morgan fingerprint density at radius 3 is 2.62 bits per heavy atom. The van der Waals surface area contributed by atoms with Crippen LogP contribution in [-0.4, -0.2) is 24.9 Å². The molecule has 3 nitrogen and oxygen atoms in total. The Balaban J connectivity index is 2.66. The summed E-state index contributed by atoms with van der Waals surface area (Å²) in [6.07, 6.45) is 0. The summed E-state index contributed by atoms with van der Waals surface area (Å²) < 4.78 is 36.7. The first-order valence-electron chi connectivity index (χ1n) is 4.96. The molecule has 0 aromatic heterocycles. The lowest BCUT2D eigenvalue weighted by Gasteiger charge is -2.25. The molecule has 5 heteroatoms. The van der Waals surface area contributed by atoms with E-state index in [0.717, 1.165) is 6.07 Å². The third-order valence-corrected chi connectivity index (χ3v) is 4.74. The van der Waals surface area contributed by atoms with E-state index < -0.39 is 27.2 Å². The number of sulfone groups is 1. The molecule has 0 aliphatic carbocycles. The molecular weight excluding hydrogens is 231 g/mol. The molecule has 0 saturated heterocycles. The van der Waals surface area contributed by atoms with Crippen molar-refractivity contribution in [3.05, 3.63) is 29.6 Å². The van der Waals surface area contributed by atoms with Crippen LogP contribution in [0.5, 0.6) is 0 Å². The number of benzene rings is 1. The smallest absolute Gasteiger partial charge is 0.179 e. The van der Waals surface area contributed by atoms with Crippen molar-refractivity contribution in [2.24, 2.45) is 0 Å². The highest BCUT2D eigenvalue weighted by atomic mass is 32.2. The number of halogens is 1. The minimum Gasteiger partial charge on any atom is -0.390 e. The Morgan fingerprint density at radius 2 is 2.06 bits per heavy atom. The molecule has 2 rings (SSSR count). The Labute approximate surface area is 93.8 Å². The molecule has 0 radical (unpaired) electrons. The molecule has 0 spiro atoms. The van der Waals surface area contributed by atoms with Crippen molar-refractivity contribution in [1.29, 1.82) is 0 Å². The molecule has 1 aromatic rings. The van der Waals surface area contributed by atoms with E-state index in [9.17, 15) is 17.9 Å². The van der Waals surface area contributed by atoms with Crippen LogP contribution in [0.1, 0.15) is 25.3 Å². The molecule has 1 unspecified atom stereocenters. The molecular formula is C11H13FO3S. The predicted octanol–water partition coefficient (Wildman–Crippen LogP) is 1.47. The monoisotopic (exact) mass is 244 g/mol. The molecule has 1 heterocycles. The van der Waals surface area contributed by atoms with Gasteiger partial charge in [-0.3, -0.25) is 0 Å². The minimum absolute atomic E-state index is 0.140. The van der Waals surface area contributed by atoms with Crippen LogP contribution in [0.25, 0.3) is 0 Å². The largest absolute Gasteiger partial charge is 0.390 e. The van der Waals surface area contributed by atoms with E-state index in [1.54, 1.807) is 0 Å². The van der Waals surface area contributed by atoms with E-state index in [0.29, 0.717) is 5.56 Å². The van der Waals surface area contributed by atoms with Gasteiger partial charge in [-0.25, -0.2) is 12.8 Å². The SMILES string of the molecule is CC(C)(O)C1CS(=O)(=O)c2ccc(F)cc21. The zero-order chi connectivity index (χ0) is 12.1. The van der Waals surface area contributed by atoms with Crippen LogP contribution in [0.15, 0.2) is 23.1 Å². The van der Waals surface area contributed by atoms with Crippen molar-refractivity contribution >= 4 is 9.84 Å². The second kappa shape index (κ2) is 3.28. The lowest BCUT2D eigenvalue weighted by molar-refractivity contribution is 0.0574. The topological polar surface area (TPSA) is 54.4 Å². The maximum absolute atomic E-state index is 13.1. The standard InChI is InChI=1S/C11H13FO3S/c1-11(2,13)9-6-16(14,15)10-4-3-7(12)5-8(9)10/h3-5,9,13H,6H2,1-2H3. The maximum Gasteiger partial charge on any atom is 0.179 e. The maximum atomic E-state index is 13.1. The third kappa shape index (κ3) is 1.74. The highest BCUT2D eigenvalue weighted by molar-refractivity contribution is 7.91. The fourth-order valence-electron chi connectivity index (χ4n) is 2.06. The Hall–Kier alpha value is -0.940. The van der Waals surface area contributed by atoms with E-state index in [-0.39, 0.29) is 10.6 Å². The molecule has 16 heavy (non-hydrogen) atoms. The summed E-state index contributed by atoms with van der Waals surface area (Å²) in [6.45, 7) is 3.07. The summed E-state index contributed by atoms with van der Waals surface area (Å²) in [6, 6.07) is 3.59. The van der Waals surface area contributed by atoms with E-state index >= 15 is 0 Å². The van der Waals surface area contributed by atoms with E-state index in [2.05, 4.69) is 0 Å². The van der Waals surface area contributed by atoms with Gasteiger partial charge in [0.1, 0.15) is 5.82 Å². The van der Waals surface area contributed by atoms with Gasteiger partial charge in [-0.1, -0.05) is 0 Å². The van der Waals surface area contributed by atoms with Crippen LogP contribution in [0.3, 0.4) is 0 Å². The molecule has 0 amide bonds. The number of hydrogen-bond donors (Lipinski definition) is 1. The number of aliphatic hydroxyl groups is 1. The second-order valence-electron chi connectivity index (χ2n) is 4.67. The molecule has 0 saturated carbocycles. The first kappa shape index (κ1) is 11.5. The van der Waals surface area contributed by atoms with Crippen LogP contribution >= 0.6 is 0 Å². The van der Waals surface area contributed by atoms with Crippen LogP contribution in [-0.2, 0) is 9.84 Å². The predicted molar refractivity (Wildman–Crippen MR) is 57.5 cm³/mol. The summed E-state index contributed by atoms with van der Waals surface area (Å²) in [7, 11) is -3.38. The van der Waals surface area contributed by atoms with Gasteiger partial charge in [-0.2, -0.15) is 0 Å². The van der Waals surface area contributed by atoms with Crippen LogP contribution in [0.4, 0.5) is 4.39 Å². The van der Waals surface area contributed by atoms with E-state index in [1.807, 2.05) is 0 Å². The second-order valence-corrected chi connectivity index (χ2v) is 6.67. The molecule has 0 fully saturated rings. The van der Waals surface area contributed by atoms with Gasteiger partial charge in [-0.15, -0.1) is 0 Å². The Morgan fingerprint density at radius 1 is 1.44 bits per heavy atom. The average molecular weight is 244 g/mol. The molecule has 1 aliphatic heterocycles. The van der Waals surface area contributed by atoms with Gasteiger partial charge in [0, 0.05) is 5.92 Å². The summed E-state index contributed by atoms with van der Waals surface area (Å²) in [5.74, 6) is -1.21. The summed E-state index contributed by atoms with van der Waals surface area (Å²) in [5.41, 5.74) is -0.793. The molecule has 1 atom stereocenters. The van der Waals surface area contributed by atoms with Crippen molar-refractivity contribution < 1.29 is 17.9 Å². The van der Waals surface area contributed by atoms with Gasteiger partial charge >= 0.3 is 0 Å². The van der Waals surface area contributed by atoms with Crippen molar-refractivity contribution in [3.8, 4) is 0 Å². The zero-order valence-electron chi connectivity index (χ0n) is 9.07. The highest BCUT2D eigenvalue weighted by Gasteiger charge is 2.42. The molecule has 1 aromatic carbocycles. The van der Waals surface area contributed by atoms with Gasteiger partial charge in [-0.05, 0) is 37.6 Å². The molecule has 1 N–H and O–H groups in total. The lowest BCUT2D eigenvalue weighted by Crippen LogP contribution is -2.30.